The van der Waals surface area contributed by atoms with E-state index in [0.717, 1.165) is 40.9 Å². The Morgan fingerprint density at radius 3 is 2.83 bits per heavy atom. The number of aromatic nitrogens is 1. The van der Waals surface area contributed by atoms with Gasteiger partial charge in [-0.05, 0) is 37.5 Å². The van der Waals surface area contributed by atoms with Crippen LogP contribution in [0, 0.1) is 11.6 Å². The van der Waals surface area contributed by atoms with Crippen molar-refractivity contribution in [2.45, 2.75) is 25.3 Å². The summed E-state index contributed by atoms with van der Waals surface area (Å²) < 4.78 is 26.1. The van der Waals surface area contributed by atoms with Gasteiger partial charge in [0.2, 0.25) is 0 Å². The van der Waals surface area contributed by atoms with Crippen molar-refractivity contribution in [1.29, 1.82) is 0 Å². The molecule has 3 rings (SSSR count). The number of hydrogen-bond acceptors (Lipinski definition) is 3. The van der Waals surface area contributed by atoms with Crippen LogP contribution in [-0.2, 0) is 6.42 Å². The highest BCUT2D eigenvalue weighted by Gasteiger charge is 2.22. The summed E-state index contributed by atoms with van der Waals surface area (Å²) in [6.07, 6.45) is 2.92. The molecule has 0 amide bonds. The Morgan fingerprint density at radius 2 is 2.11 bits per heavy atom. The Labute approximate surface area is 107 Å². The normalized spacial score (nSPS) is 18.7. The number of fused-ring (bicyclic) bond motifs is 1. The second-order valence-electron chi connectivity index (χ2n) is 4.46. The molecule has 2 nitrogen and oxygen atoms in total. The van der Waals surface area contributed by atoms with Gasteiger partial charge in [0.15, 0.2) is 11.6 Å². The molecule has 1 aromatic carbocycles. The maximum absolute atomic E-state index is 13.2. The predicted molar refractivity (Wildman–Crippen MR) is 67.3 cm³/mol. The number of thiazole rings is 1. The van der Waals surface area contributed by atoms with Gasteiger partial charge in [-0.3, -0.25) is 0 Å². The van der Waals surface area contributed by atoms with Gasteiger partial charge in [0.05, 0.1) is 5.69 Å². The third-order valence-electron chi connectivity index (χ3n) is 3.16. The number of halogens is 2. The van der Waals surface area contributed by atoms with Gasteiger partial charge < -0.3 is 5.73 Å². The van der Waals surface area contributed by atoms with Crippen LogP contribution in [0.4, 0.5) is 8.78 Å². The van der Waals surface area contributed by atoms with Gasteiger partial charge in [-0.15, -0.1) is 11.3 Å². The molecule has 1 aliphatic carbocycles. The van der Waals surface area contributed by atoms with Crippen LogP contribution in [0.25, 0.3) is 10.6 Å². The molecular weight excluding hydrogens is 254 g/mol. The fourth-order valence-electron chi connectivity index (χ4n) is 2.21. The van der Waals surface area contributed by atoms with Gasteiger partial charge >= 0.3 is 0 Å². The molecule has 1 aromatic heterocycles. The molecule has 2 N–H and O–H groups in total. The van der Waals surface area contributed by atoms with E-state index in [-0.39, 0.29) is 6.04 Å². The molecule has 0 spiro atoms. The average molecular weight is 266 g/mol. The van der Waals surface area contributed by atoms with E-state index in [2.05, 4.69) is 4.98 Å². The van der Waals surface area contributed by atoms with Gasteiger partial charge in [-0.2, -0.15) is 0 Å². The van der Waals surface area contributed by atoms with E-state index in [1.54, 1.807) is 6.07 Å². The summed E-state index contributed by atoms with van der Waals surface area (Å²) >= 11 is 1.49. The summed E-state index contributed by atoms with van der Waals surface area (Å²) in [4.78, 5) is 5.58. The van der Waals surface area contributed by atoms with Crippen molar-refractivity contribution in [1.82, 2.24) is 4.98 Å². The Hall–Kier alpha value is -1.33. The predicted octanol–water partition coefficient (Wildman–Crippen LogP) is 3.42. The maximum Gasteiger partial charge on any atom is 0.159 e. The Morgan fingerprint density at radius 1 is 1.28 bits per heavy atom. The lowest BCUT2D eigenvalue weighted by atomic mass is 9.99. The molecular formula is C13H12F2N2S. The molecule has 0 bridgehead atoms. The topological polar surface area (TPSA) is 38.9 Å². The average Bonchev–Trinajstić information content (AvgIpc) is 2.78. The summed E-state index contributed by atoms with van der Waals surface area (Å²) in [5, 5.41) is 0.719. The number of hydrogen-bond donors (Lipinski definition) is 1. The number of aryl methyl sites for hydroxylation is 1. The molecule has 5 heteroatoms. The minimum absolute atomic E-state index is 0.0327. The minimum atomic E-state index is -0.843. The quantitative estimate of drug-likeness (QED) is 0.859. The van der Waals surface area contributed by atoms with Crippen LogP contribution in [0.15, 0.2) is 18.2 Å². The van der Waals surface area contributed by atoms with Crippen LogP contribution in [-0.4, -0.2) is 4.98 Å². The fraction of sp³-hybridized carbons (Fsp3) is 0.308. The lowest BCUT2D eigenvalue weighted by Gasteiger charge is -2.15. The van der Waals surface area contributed by atoms with Crippen LogP contribution in [0.5, 0.6) is 0 Å². The van der Waals surface area contributed by atoms with Gasteiger partial charge in [0, 0.05) is 16.5 Å². The molecule has 1 atom stereocenters. The Bertz CT molecular complexity index is 595. The molecule has 1 aliphatic rings. The van der Waals surface area contributed by atoms with E-state index in [0.29, 0.717) is 5.56 Å². The molecule has 1 unspecified atom stereocenters. The largest absolute Gasteiger partial charge is 0.323 e. The molecule has 1 heterocycles. The zero-order valence-corrected chi connectivity index (χ0v) is 10.4. The van der Waals surface area contributed by atoms with Gasteiger partial charge in [-0.25, -0.2) is 13.8 Å². The summed E-state index contributed by atoms with van der Waals surface area (Å²) in [6.45, 7) is 0. The van der Waals surface area contributed by atoms with E-state index < -0.39 is 11.6 Å². The standard InChI is InChI=1S/C13H12F2N2S/c14-8-5-4-7(6-9(8)15)13-17-11-3-1-2-10(16)12(11)18-13/h4-6,10H,1-3,16H2. The molecule has 2 aromatic rings. The number of benzene rings is 1. The number of rotatable bonds is 1. The molecule has 94 valence electrons. The Balaban J connectivity index is 2.04. The fourth-order valence-corrected chi connectivity index (χ4v) is 3.35. The van der Waals surface area contributed by atoms with Crippen LogP contribution in [0.2, 0.25) is 0 Å². The van der Waals surface area contributed by atoms with Gasteiger partial charge in [-0.1, -0.05) is 0 Å². The number of nitrogens with two attached hydrogens (primary N) is 1. The van der Waals surface area contributed by atoms with Gasteiger partial charge in [0.1, 0.15) is 5.01 Å². The first-order chi connectivity index (χ1) is 8.65. The molecule has 0 fully saturated rings. The van der Waals surface area contributed by atoms with Crippen LogP contribution >= 0.6 is 11.3 Å². The van der Waals surface area contributed by atoms with Crippen molar-refractivity contribution in [2.24, 2.45) is 5.73 Å². The smallest absolute Gasteiger partial charge is 0.159 e. The van der Waals surface area contributed by atoms with Crippen LogP contribution < -0.4 is 5.73 Å². The molecule has 0 saturated carbocycles. The van der Waals surface area contributed by atoms with Crippen LogP contribution in [0.3, 0.4) is 0 Å². The lowest BCUT2D eigenvalue weighted by Crippen LogP contribution is -2.15. The molecule has 0 saturated heterocycles. The van der Waals surface area contributed by atoms with Crippen molar-refractivity contribution in [2.75, 3.05) is 0 Å². The molecule has 0 radical (unpaired) electrons. The SMILES string of the molecule is NC1CCCc2nc(-c3ccc(F)c(F)c3)sc21. The van der Waals surface area contributed by atoms with E-state index >= 15 is 0 Å². The summed E-state index contributed by atoms with van der Waals surface area (Å²) in [6, 6.07) is 3.90. The first kappa shape index (κ1) is 11.7. The van der Waals surface area contributed by atoms with Crippen molar-refractivity contribution < 1.29 is 8.78 Å². The first-order valence-corrected chi connectivity index (χ1v) is 6.67. The van der Waals surface area contributed by atoms with Crippen molar-refractivity contribution in [3.05, 3.63) is 40.4 Å². The zero-order valence-electron chi connectivity index (χ0n) is 9.62. The minimum Gasteiger partial charge on any atom is -0.323 e. The van der Waals surface area contributed by atoms with E-state index in [4.69, 9.17) is 5.73 Å². The molecule has 18 heavy (non-hydrogen) atoms. The highest BCUT2D eigenvalue weighted by molar-refractivity contribution is 7.15. The van der Waals surface area contributed by atoms with E-state index in [9.17, 15) is 8.78 Å². The third kappa shape index (κ3) is 1.93. The van der Waals surface area contributed by atoms with Crippen molar-refractivity contribution >= 4 is 11.3 Å². The monoisotopic (exact) mass is 266 g/mol. The summed E-state index contributed by atoms with van der Waals surface area (Å²) in [5.41, 5.74) is 7.65. The van der Waals surface area contributed by atoms with Crippen LogP contribution in [0.1, 0.15) is 29.5 Å². The van der Waals surface area contributed by atoms with Crippen molar-refractivity contribution in [3.63, 3.8) is 0 Å². The second-order valence-corrected chi connectivity index (χ2v) is 5.49. The number of nitrogens with zero attached hydrogens (tertiary/aromatic N) is 1. The second kappa shape index (κ2) is 4.40. The Kier molecular flexibility index (Phi) is 2.87. The lowest BCUT2D eigenvalue weighted by molar-refractivity contribution is 0.509. The highest BCUT2D eigenvalue weighted by atomic mass is 32.1. The zero-order chi connectivity index (χ0) is 12.7. The van der Waals surface area contributed by atoms with E-state index in [1.165, 1.54) is 17.4 Å². The molecule has 0 aliphatic heterocycles. The van der Waals surface area contributed by atoms with Gasteiger partial charge in [0.25, 0.3) is 0 Å². The maximum atomic E-state index is 13.2. The first-order valence-electron chi connectivity index (χ1n) is 5.86. The summed E-state index contributed by atoms with van der Waals surface area (Å²) in [7, 11) is 0. The highest BCUT2D eigenvalue weighted by Crippen LogP contribution is 2.36. The third-order valence-corrected chi connectivity index (χ3v) is 4.44. The van der Waals surface area contributed by atoms with Crippen molar-refractivity contribution in [3.8, 4) is 10.6 Å². The summed E-state index contributed by atoms with van der Waals surface area (Å²) in [5.74, 6) is -1.68. The van der Waals surface area contributed by atoms with E-state index in [1.807, 2.05) is 0 Å².